The van der Waals surface area contributed by atoms with Gasteiger partial charge in [0.05, 0.1) is 11.2 Å². The number of carbonyl (C=O) groups is 1. The van der Waals surface area contributed by atoms with E-state index in [0.29, 0.717) is 18.7 Å². The normalized spacial score (nSPS) is 25.6. The molecule has 1 aromatic heterocycles. The molecule has 2 atom stereocenters. The number of benzene rings is 1. The van der Waals surface area contributed by atoms with E-state index in [1.54, 1.807) is 0 Å². The van der Waals surface area contributed by atoms with E-state index in [1.165, 1.54) is 0 Å². The van der Waals surface area contributed by atoms with E-state index in [2.05, 4.69) is 4.90 Å². The quantitative estimate of drug-likeness (QED) is 0.673. The van der Waals surface area contributed by atoms with E-state index < -0.39 is 18.3 Å². The first kappa shape index (κ1) is 22.4. The Kier molecular flexibility index (Phi) is 5.29. The minimum absolute atomic E-state index is 0.0400. The van der Waals surface area contributed by atoms with Crippen LogP contribution in [-0.4, -0.2) is 64.3 Å². The van der Waals surface area contributed by atoms with E-state index in [0.717, 1.165) is 35.6 Å². The molecule has 1 amide bonds. The number of aryl methyl sites for hydroxylation is 2. The SMILES string of the molecule is Cc1cc(C)nc(N2C3CCC2CN(C(=O)c2ccccc2B2OC(C)(C)C(C)(C)O2)C3)n1. The van der Waals surface area contributed by atoms with Crippen LogP contribution >= 0.6 is 0 Å². The lowest BCUT2D eigenvalue weighted by Gasteiger charge is -2.41. The maximum atomic E-state index is 13.7. The summed E-state index contributed by atoms with van der Waals surface area (Å²) in [6.45, 7) is 13.5. The fraction of sp³-hybridized carbons (Fsp3) is 0.560. The fourth-order valence-electron chi connectivity index (χ4n) is 5.26. The third kappa shape index (κ3) is 3.83. The summed E-state index contributed by atoms with van der Waals surface area (Å²) in [7, 11) is -0.558. The number of amides is 1. The van der Waals surface area contributed by atoms with Crippen molar-refractivity contribution in [3.05, 3.63) is 47.3 Å². The van der Waals surface area contributed by atoms with Crippen molar-refractivity contribution in [1.29, 1.82) is 0 Å². The second-order valence-corrected chi connectivity index (χ2v) is 10.6. The molecule has 3 aliphatic heterocycles. The van der Waals surface area contributed by atoms with Gasteiger partial charge in [-0.2, -0.15) is 0 Å². The largest absolute Gasteiger partial charge is 0.495 e. The van der Waals surface area contributed by atoms with E-state index in [9.17, 15) is 4.79 Å². The van der Waals surface area contributed by atoms with Crippen molar-refractivity contribution in [3.63, 3.8) is 0 Å². The summed E-state index contributed by atoms with van der Waals surface area (Å²) in [5.74, 6) is 0.836. The summed E-state index contributed by atoms with van der Waals surface area (Å²) in [5, 5.41) is 0. The molecular weight excluding hydrogens is 415 g/mol. The highest BCUT2D eigenvalue weighted by atomic mass is 16.7. The molecule has 174 valence electrons. The summed E-state index contributed by atoms with van der Waals surface area (Å²) in [6.07, 6.45) is 2.09. The summed E-state index contributed by atoms with van der Waals surface area (Å²) in [5.41, 5.74) is 2.51. The molecule has 33 heavy (non-hydrogen) atoms. The average Bonchev–Trinajstić information content (AvgIpc) is 3.13. The van der Waals surface area contributed by atoms with Gasteiger partial charge >= 0.3 is 7.12 Å². The predicted octanol–water partition coefficient (Wildman–Crippen LogP) is 2.89. The Morgan fingerprint density at radius 1 is 0.970 bits per heavy atom. The lowest BCUT2D eigenvalue weighted by molar-refractivity contribution is 0.00578. The minimum atomic E-state index is -0.558. The van der Waals surface area contributed by atoms with Gasteiger partial charge < -0.3 is 19.1 Å². The fourth-order valence-corrected chi connectivity index (χ4v) is 5.26. The first-order valence-corrected chi connectivity index (χ1v) is 11.9. The zero-order valence-corrected chi connectivity index (χ0v) is 20.5. The van der Waals surface area contributed by atoms with Crippen LogP contribution in [0, 0.1) is 13.8 Å². The Bertz CT molecular complexity index is 1040. The van der Waals surface area contributed by atoms with E-state index >= 15 is 0 Å². The zero-order valence-electron chi connectivity index (χ0n) is 20.5. The molecule has 0 N–H and O–H groups in total. The van der Waals surface area contributed by atoms with Crippen molar-refractivity contribution in [1.82, 2.24) is 14.9 Å². The van der Waals surface area contributed by atoms with Gasteiger partial charge in [-0.05, 0) is 72.0 Å². The van der Waals surface area contributed by atoms with Gasteiger partial charge in [0.2, 0.25) is 5.95 Å². The summed E-state index contributed by atoms with van der Waals surface area (Å²) in [6, 6.07) is 10.2. The third-order valence-corrected chi connectivity index (χ3v) is 7.67. The molecule has 7 nitrogen and oxygen atoms in total. The highest BCUT2D eigenvalue weighted by molar-refractivity contribution is 6.63. The first-order valence-electron chi connectivity index (χ1n) is 11.9. The van der Waals surface area contributed by atoms with Gasteiger partial charge in [0.15, 0.2) is 0 Å². The molecule has 3 fully saturated rings. The van der Waals surface area contributed by atoms with E-state index in [-0.39, 0.29) is 18.0 Å². The molecule has 3 aliphatic rings. The molecule has 0 aliphatic carbocycles. The lowest BCUT2D eigenvalue weighted by Crippen LogP contribution is -2.56. The van der Waals surface area contributed by atoms with Gasteiger partial charge in [0, 0.05) is 42.1 Å². The van der Waals surface area contributed by atoms with Crippen LogP contribution in [0.4, 0.5) is 5.95 Å². The topological polar surface area (TPSA) is 67.8 Å². The number of hydrogen-bond donors (Lipinski definition) is 0. The standard InChI is InChI=1S/C25H33BN4O3/c1-16-13-17(2)28-23(27-16)30-18-11-12-19(30)15-29(14-18)22(31)20-9-7-8-10-21(20)26-32-24(3,4)25(5,6)33-26/h7-10,13,18-19H,11-12,14-15H2,1-6H3. The molecule has 2 bridgehead atoms. The van der Waals surface area contributed by atoms with Crippen LogP contribution in [0.25, 0.3) is 0 Å². The smallest absolute Gasteiger partial charge is 0.399 e. The third-order valence-electron chi connectivity index (χ3n) is 7.67. The highest BCUT2D eigenvalue weighted by Gasteiger charge is 2.53. The van der Waals surface area contributed by atoms with Crippen LogP contribution in [0.2, 0.25) is 0 Å². The number of anilines is 1. The number of likely N-dealkylation sites (tertiary alicyclic amines) is 1. The van der Waals surface area contributed by atoms with Gasteiger partial charge in [-0.3, -0.25) is 4.79 Å². The average molecular weight is 448 g/mol. The van der Waals surface area contributed by atoms with Crippen LogP contribution in [0.5, 0.6) is 0 Å². The number of hydrogen-bond acceptors (Lipinski definition) is 6. The maximum Gasteiger partial charge on any atom is 0.495 e. The first-order chi connectivity index (χ1) is 15.6. The van der Waals surface area contributed by atoms with Crippen LogP contribution in [0.1, 0.15) is 62.3 Å². The second kappa shape index (κ2) is 7.81. The van der Waals surface area contributed by atoms with E-state index in [1.807, 2.05) is 76.8 Å². The van der Waals surface area contributed by atoms with Crippen molar-refractivity contribution < 1.29 is 14.1 Å². The second-order valence-electron chi connectivity index (χ2n) is 10.6. The lowest BCUT2D eigenvalue weighted by atomic mass is 9.75. The van der Waals surface area contributed by atoms with Crippen molar-refractivity contribution in [3.8, 4) is 0 Å². The van der Waals surface area contributed by atoms with Gasteiger partial charge in [-0.1, -0.05) is 18.2 Å². The van der Waals surface area contributed by atoms with Crippen molar-refractivity contribution in [2.45, 2.75) is 77.7 Å². The molecule has 4 heterocycles. The van der Waals surface area contributed by atoms with Gasteiger partial charge in [0.1, 0.15) is 0 Å². The number of aromatic nitrogens is 2. The molecule has 1 aromatic carbocycles. The van der Waals surface area contributed by atoms with Crippen LogP contribution in [-0.2, 0) is 9.31 Å². The number of fused-ring (bicyclic) bond motifs is 2. The summed E-state index contributed by atoms with van der Waals surface area (Å²) < 4.78 is 12.5. The number of piperazine rings is 1. The molecule has 5 rings (SSSR count). The molecule has 8 heteroatoms. The molecular formula is C25H33BN4O3. The minimum Gasteiger partial charge on any atom is -0.399 e. The molecule has 0 radical (unpaired) electrons. The van der Waals surface area contributed by atoms with Crippen molar-refractivity contribution in [2.24, 2.45) is 0 Å². The highest BCUT2D eigenvalue weighted by Crippen LogP contribution is 2.37. The monoisotopic (exact) mass is 448 g/mol. The van der Waals surface area contributed by atoms with Crippen LogP contribution in [0.15, 0.2) is 30.3 Å². The van der Waals surface area contributed by atoms with Crippen LogP contribution in [0.3, 0.4) is 0 Å². The summed E-state index contributed by atoms with van der Waals surface area (Å²) in [4.78, 5) is 27.5. The molecule has 0 saturated carbocycles. The molecule has 0 spiro atoms. The summed E-state index contributed by atoms with van der Waals surface area (Å²) >= 11 is 0. The Balaban J connectivity index is 1.38. The maximum absolute atomic E-state index is 13.7. The zero-order chi connectivity index (χ0) is 23.5. The van der Waals surface area contributed by atoms with Gasteiger partial charge in [0.25, 0.3) is 5.91 Å². The van der Waals surface area contributed by atoms with Crippen molar-refractivity contribution in [2.75, 3.05) is 18.0 Å². The Labute approximate surface area is 196 Å². The van der Waals surface area contributed by atoms with Crippen LogP contribution < -0.4 is 10.4 Å². The number of carbonyl (C=O) groups excluding carboxylic acids is 1. The van der Waals surface area contributed by atoms with Gasteiger partial charge in [-0.15, -0.1) is 0 Å². The molecule has 2 unspecified atom stereocenters. The number of rotatable bonds is 3. The Morgan fingerprint density at radius 2 is 1.52 bits per heavy atom. The Morgan fingerprint density at radius 3 is 2.09 bits per heavy atom. The molecule has 2 aromatic rings. The van der Waals surface area contributed by atoms with E-state index in [4.69, 9.17) is 19.3 Å². The van der Waals surface area contributed by atoms with Gasteiger partial charge in [-0.25, -0.2) is 9.97 Å². The molecule has 3 saturated heterocycles. The predicted molar refractivity (Wildman–Crippen MR) is 129 cm³/mol. The Hall–Kier alpha value is -2.45. The van der Waals surface area contributed by atoms with Crippen molar-refractivity contribution >= 4 is 24.4 Å². The number of nitrogens with zero attached hydrogens (tertiary/aromatic N) is 4.